The second-order valence-corrected chi connectivity index (χ2v) is 4.17. The van der Waals surface area contributed by atoms with Gasteiger partial charge in [0.2, 0.25) is 0 Å². The summed E-state index contributed by atoms with van der Waals surface area (Å²) in [6.07, 6.45) is 1.63. The Morgan fingerprint density at radius 1 is 1.37 bits per heavy atom. The van der Waals surface area contributed by atoms with E-state index in [1.54, 1.807) is 31.3 Å². The van der Waals surface area contributed by atoms with E-state index in [0.717, 1.165) is 0 Å². The first kappa shape index (κ1) is 11.5. The number of aromatic amines is 1. The summed E-state index contributed by atoms with van der Waals surface area (Å²) in [6, 6.07) is 7.64. The number of hydrogen-bond donors (Lipinski definition) is 2. The second-order valence-electron chi connectivity index (χ2n) is 4.17. The van der Waals surface area contributed by atoms with Gasteiger partial charge in [-0.25, -0.2) is 9.37 Å². The molecule has 19 heavy (non-hydrogen) atoms. The van der Waals surface area contributed by atoms with Gasteiger partial charge in [0.25, 0.3) is 5.56 Å². The van der Waals surface area contributed by atoms with Crippen LogP contribution in [-0.4, -0.2) is 14.6 Å². The highest BCUT2D eigenvalue weighted by Crippen LogP contribution is 2.16. The van der Waals surface area contributed by atoms with Gasteiger partial charge in [-0.05, 0) is 25.1 Å². The van der Waals surface area contributed by atoms with Crippen molar-refractivity contribution in [1.29, 1.82) is 0 Å². The van der Waals surface area contributed by atoms with Crippen LogP contribution < -0.4 is 10.9 Å². The molecular weight excluding hydrogens is 247 g/mol. The Kier molecular flexibility index (Phi) is 2.56. The predicted octanol–water partition coefficient (Wildman–Crippen LogP) is 2.21. The van der Waals surface area contributed by atoms with Crippen LogP contribution in [0.25, 0.3) is 5.65 Å². The number of nitrogens with one attached hydrogen (secondary N) is 2. The fourth-order valence-electron chi connectivity index (χ4n) is 1.93. The lowest BCUT2D eigenvalue weighted by Crippen LogP contribution is -2.20. The van der Waals surface area contributed by atoms with Crippen LogP contribution in [-0.2, 0) is 0 Å². The van der Waals surface area contributed by atoms with Gasteiger partial charge in [-0.1, -0.05) is 6.07 Å². The van der Waals surface area contributed by atoms with Gasteiger partial charge in [0.05, 0.1) is 5.69 Å². The maximum absolute atomic E-state index is 13.1. The normalized spacial score (nSPS) is 10.8. The minimum atomic E-state index is -0.364. The van der Waals surface area contributed by atoms with E-state index in [9.17, 15) is 9.18 Å². The summed E-state index contributed by atoms with van der Waals surface area (Å²) in [6.45, 7) is 1.73. The molecule has 1 aromatic carbocycles. The number of benzene rings is 1. The number of aromatic nitrogens is 3. The molecule has 0 amide bonds. The van der Waals surface area contributed by atoms with Gasteiger partial charge in [0, 0.05) is 18.0 Å². The number of rotatable bonds is 2. The van der Waals surface area contributed by atoms with E-state index < -0.39 is 0 Å². The van der Waals surface area contributed by atoms with Crippen molar-refractivity contribution in [2.75, 3.05) is 5.32 Å². The average molecular weight is 258 g/mol. The molecule has 0 saturated carbocycles. The molecule has 0 aliphatic carbocycles. The first-order chi connectivity index (χ1) is 9.15. The van der Waals surface area contributed by atoms with E-state index in [1.807, 2.05) is 0 Å². The summed E-state index contributed by atoms with van der Waals surface area (Å²) >= 11 is 0. The highest BCUT2D eigenvalue weighted by atomic mass is 19.1. The molecule has 0 bridgehead atoms. The molecule has 6 heteroatoms. The number of hydrogen-bond acceptors (Lipinski definition) is 3. The highest BCUT2D eigenvalue weighted by molar-refractivity contribution is 5.62. The van der Waals surface area contributed by atoms with Gasteiger partial charge in [-0.2, -0.15) is 4.52 Å². The molecule has 0 aliphatic heterocycles. The van der Waals surface area contributed by atoms with E-state index in [1.165, 1.54) is 16.6 Å². The standard InChI is InChI=1S/C13H11FN4O/c1-8-12(17-10-4-2-3-9(14)7-10)13(19)18-11(16-8)5-6-15-18/h2-7,15,17H,1H3. The van der Waals surface area contributed by atoms with Crippen molar-refractivity contribution in [2.45, 2.75) is 6.92 Å². The van der Waals surface area contributed by atoms with Crippen molar-refractivity contribution < 1.29 is 4.39 Å². The molecule has 2 aromatic heterocycles. The largest absolute Gasteiger partial charge is 0.349 e. The number of H-pyrrole nitrogens is 1. The third-order valence-electron chi connectivity index (χ3n) is 2.82. The average Bonchev–Trinajstić information content (AvgIpc) is 2.83. The summed E-state index contributed by atoms with van der Waals surface area (Å²) in [7, 11) is 0. The zero-order chi connectivity index (χ0) is 13.4. The van der Waals surface area contributed by atoms with Crippen LogP contribution in [0.15, 0.2) is 41.3 Å². The number of fused-ring (bicyclic) bond motifs is 1. The molecule has 0 radical (unpaired) electrons. The van der Waals surface area contributed by atoms with Crippen molar-refractivity contribution >= 4 is 17.0 Å². The lowest BCUT2D eigenvalue weighted by molar-refractivity contribution is 0.628. The van der Waals surface area contributed by atoms with Gasteiger partial charge in [0.15, 0.2) is 5.65 Å². The third-order valence-corrected chi connectivity index (χ3v) is 2.82. The van der Waals surface area contributed by atoms with E-state index in [0.29, 0.717) is 22.7 Å². The Morgan fingerprint density at radius 2 is 2.21 bits per heavy atom. The van der Waals surface area contributed by atoms with Gasteiger partial charge < -0.3 is 5.32 Å². The molecule has 2 N–H and O–H groups in total. The molecule has 0 saturated heterocycles. The summed E-state index contributed by atoms with van der Waals surface area (Å²) in [5, 5.41) is 5.69. The van der Waals surface area contributed by atoms with Gasteiger partial charge in [0.1, 0.15) is 11.5 Å². The lowest BCUT2D eigenvalue weighted by Gasteiger charge is -2.08. The zero-order valence-electron chi connectivity index (χ0n) is 10.1. The van der Waals surface area contributed by atoms with Crippen LogP contribution in [0.5, 0.6) is 0 Å². The SMILES string of the molecule is Cc1nc2cc[nH]n2c(=O)c1Nc1cccc(F)c1. The van der Waals surface area contributed by atoms with Crippen LogP contribution >= 0.6 is 0 Å². The predicted molar refractivity (Wildman–Crippen MR) is 70.2 cm³/mol. The van der Waals surface area contributed by atoms with Crippen molar-refractivity contribution in [3.05, 3.63) is 58.4 Å². The van der Waals surface area contributed by atoms with Crippen LogP contribution in [0.3, 0.4) is 0 Å². The van der Waals surface area contributed by atoms with Crippen LogP contribution in [0.4, 0.5) is 15.8 Å². The monoisotopic (exact) mass is 258 g/mol. The first-order valence-electron chi connectivity index (χ1n) is 5.74. The highest BCUT2D eigenvalue weighted by Gasteiger charge is 2.10. The van der Waals surface area contributed by atoms with Crippen molar-refractivity contribution in [1.82, 2.24) is 14.6 Å². The third kappa shape index (κ3) is 1.97. The van der Waals surface area contributed by atoms with E-state index in [-0.39, 0.29) is 11.4 Å². The number of nitrogens with zero attached hydrogens (tertiary/aromatic N) is 2. The summed E-state index contributed by atoms with van der Waals surface area (Å²) in [4.78, 5) is 16.5. The number of halogens is 1. The molecule has 0 spiro atoms. The molecular formula is C13H11FN4O. The quantitative estimate of drug-likeness (QED) is 0.740. The summed E-state index contributed by atoms with van der Waals surface area (Å²) in [5.41, 5.74) is 1.69. The molecule has 3 aromatic rings. The van der Waals surface area contributed by atoms with Crippen molar-refractivity contribution in [2.24, 2.45) is 0 Å². The van der Waals surface area contributed by atoms with Crippen LogP contribution in [0.2, 0.25) is 0 Å². The number of aryl methyl sites for hydroxylation is 1. The molecule has 0 fully saturated rings. The van der Waals surface area contributed by atoms with E-state index >= 15 is 0 Å². The molecule has 3 rings (SSSR count). The Balaban J connectivity index is 2.12. The summed E-state index contributed by atoms with van der Waals surface area (Å²) < 4.78 is 14.5. The van der Waals surface area contributed by atoms with Gasteiger partial charge in [-0.15, -0.1) is 0 Å². The first-order valence-corrected chi connectivity index (χ1v) is 5.74. The second kappa shape index (κ2) is 4.24. The number of anilines is 2. The Bertz CT molecular complexity index is 806. The van der Waals surface area contributed by atoms with Crippen LogP contribution in [0, 0.1) is 12.7 Å². The minimum Gasteiger partial charge on any atom is -0.349 e. The topological polar surface area (TPSA) is 62.2 Å². The Labute approximate surface area is 107 Å². The molecule has 5 nitrogen and oxygen atoms in total. The maximum atomic E-state index is 13.1. The van der Waals surface area contributed by atoms with Crippen LogP contribution in [0.1, 0.15) is 5.69 Å². The molecule has 0 aliphatic rings. The van der Waals surface area contributed by atoms with Gasteiger partial charge >= 0.3 is 0 Å². The minimum absolute atomic E-state index is 0.253. The molecule has 2 heterocycles. The fourth-order valence-corrected chi connectivity index (χ4v) is 1.93. The smallest absolute Gasteiger partial charge is 0.296 e. The lowest BCUT2D eigenvalue weighted by atomic mass is 10.3. The zero-order valence-corrected chi connectivity index (χ0v) is 10.1. The van der Waals surface area contributed by atoms with Crippen molar-refractivity contribution in [3.8, 4) is 0 Å². The molecule has 0 unspecified atom stereocenters. The summed E-state index contributed by atoms with van der Waals surface area (Å²) in [5.74, 6) is -0.364. The molecule has 96 valence electrons. The Hall–Kier alpha value is -2.63. The maximum Gasteiger partial charge on any atom is 0.296 e. The molecule has 0 atom stereocenters. The fraction of sp³-hybridized carbons (Fsp3) is 0.0769. The Morgan fingerprint density at radius 3 is 3.00 bits per heavy atom. The van der Waals surface area contributed by atoms with E-state index in [4.69, 9.17) is 0 Å². The van der Waals surface area contributed by atoms with Gasteiger partial charge in [-0.3, -0.25) is 9.89 Å². The van der Waals surface area contributed by atoms with E-state index in [2.05, 4.69) is 15.4 Å². The van der Waals surface area contributed by atoms with Crippen molar-refractivity contribution in [3.63, 3.8) is 0 Å².